The second-order valence-electron chi connectivity index (χ2n) is 4.15. The topological polar surface area (TPSA) is 55.1 Å². The van der Waals surface area contributed by atoms with Gasteiger partial charge in [-0.1, -0.05) is 17.7 Å². The molecule has 88 valence electrons. The molecule has 17 heavy (non-hydrogen) atoms. The van der Waals surface area contributed by atoms with Crippen molar-refractivity contribution in [2.24, 2.45) is 7.05 Å². The Hall–Kier alpha value is -2.10. The van der Waals surface area contributed by atoms with Crippen LogP contribution in [0.15, 0.2) is 24.4 Å². The fourth-order valence-corrected chi connectivity index (χ4v) is 1.84. The van der Waals surface area contributed by atoms with Gasteiger partial charge in [0, 0.05) is 12.6 Å². The molecule has 0 atom stereocenters. The molecule has 0 amide bonds. The van der Waals surface area contributed by atoms with Gasteiger partial charge in [-0.2, -0.15) is 0 Å². The van der Waals surface area contributed by atoms with Crippen molar-refractivity contribution in [3.63, 3.8) is 0 Å². The number of hydrogen-bond acceptors (Lipinski definition) is 2. The Labute approximate surface area is 99.5 Å². The molecule has 0 fully saturated rings. The monoisotopic (exact) mass is 230 g/mol. The third kappa shape index (κ3) is 1.93. The lowest BCUT2D eigenvalue weighted by Gasteiger charge is -2.07. The number of aryl methyl sites for hydroxylation is 2. The van der Waals surface area contributed by atoms with Crippen LogP contribution in [0.1, 0.15) is 21.6 Å². The van der Waals surface area contributed by atoms with Gasteiger partial charge in [0.1, 0.15) is 11.5 Å². The minimum absolute atomic E-state index is 0.195. The molecule has 2 rings (SSSR count). The molecule has 0 unspecified atom stereocenters. The van der Waals surface area contributed by atoms with Crippen molar-refractivity contribution in [2.75, 3.05) is 0 Å². The molecule has 1 aromatic heterocycles. The van der Waals surface area contributed by atoms with Crippen LogP contribution >= 0.6 is 0 Å². The number of aromatic nitrogens is 2. The lowest BCUT2D eigenvalue weighted by atomic mass is 10.1. The predicted molar refractivity (Wildman–Crippen MR) is 65.1 cm³/mol. The van der Waals surface area contributed by atoms with Crippen LogP contribution in [-0.4, -0.2) is 20.6 Å². The number of nitrogens with zero attached hydrogens (tertiary/aromatic N) is 2. The predicted octanol–water partition coefficient (Wildman–Crippen LogP) is 2.40. The van der Waals surface area contributed by atoms with E-state index in [-0.39, 0.29) is 5.69 Å². The number of carbonyl (C=O) groups is 1. The van der Waals surface area contributed by atoms with E-state index >= 15 is 0 Å². The van der Waals surface area contributed by atoms with Crippen LogP contribution in [0.5, 0.6) is 0 Å². The minimum Gasteiger partial charge on any atom is -0.477 e. The van der Waals surface area contributed by atoms with Crippen molar-refractivity contribution in [1.82, 2.24) is 9.55 Å². The van der Waals surface area contributed by atoms with Gasteiger partial charge in [-0.25, -0.2) is 9.78 Å². The number of carboxylic acid groups (broad SMARTS) is 1. The van der Waals surface area contributed by atoms with Crippen LogP contribution in [0.3, 0.4) is 0 Å². The highest BCUT2D eigenvalue weighted by atomic mass is 16.4. The molecule has 4 heteroatoms. The summed E-state index contributed by atoms with van der Waals surface area (Å²) in [6, 6.07) is 6.06. The first-order valence-corrected chi connectivity index (χ1v) is 5.33. The fourth-order valence-electron chi connectivity index (χ4n) is 1.84. The van der Waals surface area contributed by atoms with Crippen LogP contribution in [-0.2, 0) is 7.05 Å². The Kier molecular flexibility index (Phi) is 2.71. The third-order valence-corrected chi connectivity index (χ3v) is 2.84. The van der Waals surface area contributed by atoms with Crippen LogP contribution < -0.4 is 0 Å². The summed E-state index contributed by atoms with van der Waals surface area (Å²) in [6.45, 7) is 3.99. The van der Waals surface area contributed by atoms with Gasteiger partial charge in [0.15, 0.2) is 0 Å². The summed E-state index contributed by atoms with van der Waals surface area (Å²) in [7, 11) is 1.72. The number of hydrogen-bond donors (Lipinski definition) is 1. The van der Waals surface area contributed by atoms with Gasteiger partial charge in [0.05, 0.1) is 6.20 Å². The number of aromatic carboxylic acids is 1. The van der Waals surface area contributed by atoms with Crippen LogP contribution in [0, 0.1) is 13.8 Å². The number of imidazole rings is 1. The lowest BCUT2D eigenvalue weighted by molar-refractivity contribution is 0.0686. The molecule has 0 saturated carbocycles. The van der Waals surface area contributed by atoms with Gasteiger partial charge in [-0.3, -0.25) is 0 Å². The SMILES string of the molecule is Cc1ccc(C)c(-c2ncc(C(=O)O)n2C)c1. The molecule has 1 N–H and O–H groups in total. The van der Waals surface area contributed by atoms with E-state index in [0.29, 0.717) is 5.82 Å². The average molecular weight is 230 g/mol. The molecule has 1 aromatic carbocycles. The van der Waals surface area contributed by atoms with Crippen molar-refractivity contribution in [3.05, 3.63) is 41.2 Å². The molecule has 0 aliphatic heterocycles. The minimum atomic E-state index is -0.962. The summed E-state index contributed by atoms with van der Waals surface area (Å²) < 4.78 is 1.60. The molecule has 0 aliphatic rings. The van der Waals surface area contributed by atoms with Gasteiger partial charge in [0.2, 0.25) is 0 Å². The Bertz CT molecular complexity index is 585. The van der Waals surface area contributed by atoms with Crippen LogP contribution in [0.4, 0.5) is 0 Å². The summed E-state index contributed by atoms with van der Waals surface area (Å²) in [6.07, 6.45) is 1.39. The van der Waals surface area contributed by atoms with E-state index in [2.05, 4.69) is 4.98 Å². The van der Waals surface area contributed by atoms with Gasteiger partial charge in [-0.15, -0.1) is 0 Å². The zero-order valence-corrected chi connectivity index (χ0v) is 10.1. The molecule has 0 radical (unpaired) electrons. The van der Waals surface area contributed by atoms with Crippen molar-refractivity contribution in [3.8, 4) is 11.4 Å². The second-order valence-corrected chi connectivity index (χ2v) is 4.15. The Morgan fingerprint density at radius 2 is 2.06 bits per heavy atom. The molecule has 0 aliphatic carbocycles. The highest BCUT2D eigenvalue weighted by Crippen LogP contribution is 2.23. The molecule has 2 aromatic rings. The van der Waals surface area contributed by atoms with E-state index in [1.165, 1.54) is 6.20 Å². The molecule has 1 heterocycles. The Balaban J connectivity index is 2.61. The van der Waals surface area contributed by atoms with Gasteiger partial charge in [-0.05, 0) is 25.5 Å². The second kappa shape index (κ2) is 4.05. The normalized spacial score (nSPS) is 10.5. The van der Waals surface area contributed by atoms with Gasteiger partial charge >= 0.3 is 5.97 Å². The van der Waals surface area contributed by atoms with Gasteiger partial charge in [0.25, 0.3) is 0 Å². The average Bonchev–Trinajstić information content (AvgIpc) is 2.64. The fraction of sp³-hybridized carbons (Fsp3) is 0.231. The first kappa shape index (κ1) is 11.4. The molecular formula is C13H14N2O2. The highest BCUT2D eigenvalue weighted by molar-refractivity contribution is 5.86. The number of rotatable bonds is 2. The zero-order valence-electron chi connectivity index (χ0n) is 10.1. The number of carboxylic acids is 1. The summed E-state index contributed by atoms with van der Waals surface area (Å²) in [5.74, 6) is -0.278. The molecule has 0 bridgehead atoms. The van der Waals surface area contributed by atoms with Crippen molar-refractivity contribution in [2.45, 2.75) is 13.8 Å². The van der Waals surface area contributed by atoms with E-state index < -0.39 is 5.97 Å². The maximum absolute atomic E-state index is 11.0. The maximum Gasteiger partial charge on any atom is 0.354 e. The van der Waals surface area contributed by atoms with Crippen molar-refractivity contribution >= 4 is 5.97 Å². The molecule has 0 spiro atoms. The van der Waals surface area contributed by atoms with Crippen molar-refractivity contribution < 1.29 is 9.90 Å². The largest absolute Gasteiger partial charge is 0.477 e. The number of benzene rings is 1. The third-order valence-electron chi connectivity index (χ3n) is 2.84. The van der Waals surface area contributed by atoms with Crippen molar-refractivity contribution in [1.29, 1.82) is 0 Å². The van der Waals surface area contributed by atoms with Crippen LogP contribution in [0.2, 0.25) is 0 Å². The molecular weight excluding hydrogens is 216 g/mol. The Morgan fingerprint density at radius 3 is 2.65 bits per heavy atom. The summed E-state index contributed by atoms with van der Waals surface area (Å²) in [5.41, 5.74) is 3.38. The first-order chi connectivity index (χ1) is 8.00. The summed E-state index contributed by atoms with van der Waals surface area (Å²) in [4.78, 5) is 15.1. The van der Waals surface area contributed by atoms with E-state index in [1.807, 2.05) is 32.0 Å². The summed E-state index contributed by atoms with van der Waals surface area (Å²) >= 11 is 0. The van der Waals surface area contributed by atoms with Crippen LogP contribution in [0.25, 0.3) is 11.4 Å². The standard InChI is InChI=1S/C13H14N2O2/c1-8-4-5-9(2)10(6-8)12-14-7-11(13(16)17)15(12)3/h4-7H,1-3H3,(H,16,17). The highest BCUT2D eigenvalue weighted by Gasteiger charge is 2.15. The maximum atomic E-state index is 11.0. The van der Waals surface area contributed by atoms with Gasteiger partial charge < -0.3 is 9.67 Å². The zero-order chi connectivity index (χ0) is 12.6. The molecule has 0 saturated heterocycles. The Morgan fingerprint density at radius 1 is 1.35 bits per heavy atom. The van der Waals surface area contributed by atoms with E-state index in [1.54, 1.807) is 11.6 Å². The van der Waals surface area contributed by atoms with E-state index in [4.69, 9.17) is 5.11 Å². The smallest absolute Gasteiger partial charge is 0.354 e. The van der Waals surface area contributed by atoms with E-state index in [9.17, 15) is 4.79 Å². The quantitative estimate of drug-likeness (QED) is 0.861. The van der Waals surface area contributed by atoms with E-state index in [0.717, 1.165) is 16.7 Å². The first-order valence-electron chi connectivity index (χ1n) is 5.33. The summed E-state index contributed by atoms with van der Waals surface area (Å²) in [5, 5.41) is 8.99. The lowest BCUT2D eigenvalue weighted by Crippen LogP contribution is -2.05. The molecule has 4 nitrogen and oxygen atoms in total.